The van der Waals surface area contributed by atoms with Crippen LogP contribution in [0.5, 0.6) is 0 Å². The number of halogens is 2. The summed E-state index contributed by atoms with van der Waals surface area (Å²) in [6.07, 6.45) is 3.02. The fraction of sp³-hybridized carbons (Fsp3) is 0.333. The number of piperidine rings is 1. The SMILES string of the molecule is CC(=O)NC1CCN(C(=O)[C@H](Cc2ccc(F)cc2)NC(=O)c2cc3cc(Cl)ncc3[nH]2)CC1. The minimum Gasteiger partial charge on any atom is -0.353 e. The molecule has 0 saturated carbocycles. The van der Waals surface area contributed by atoms with Crippen LogP contribution < -0.4 is 10.6 Å². The fourth-order valence-electron chi connectivity index (χ4n) is 4.17. The first-order chi connectivity index (χ1) is 16.3. The van der Waals surface area contributed by atoms with Crippen LogP contribution in [0.3, 0.4) is 0 Å². The molecule has 0 unspecified atom stereocenters. The smallest absolute Gasteiger partial charge is 0.268 e. The number of pyridine rings is 1. The molecule has 0 bridgehead atoms. The van der Waals surface area contributed by atoms with Gasteiger partial charge in [0.2, 0.25) is 11.8 Å². The molecule has 3 N–H and O–H groups in total. The summed E-state index contributed by atoms with van der Waals surface area (Å²) in [6, 6.07) is 8.32. The monoisotopic (exact) mass is 485 g/mol. The number of fused-ring (bicyclic) bond motifs is 1. The minimum atomic E-state index is -0.844. The van der Waals surface area contributed by atoms with Gasteiger partial charge in [-0.05, 0) is 42.7 Å². The Balaban J connectivity index is 1.51. The lowest BCUT2D eigenvalue weighted by atomic mass is 10.0. The van der Waals surface area contributed by atoms with E-state index in [1.54, 1.807) is 29.2 Å². The van der Waals surface area contributed by atoms with Gasteiger partial charge in [0.25, 0.3) is 5.91 Å². The van der Waals surface area contributed by atoms with Gasteiger partial charge < -0.3 is 20.5 Å². The van der Waals surface area contributed by atoms with Crippen molar-refractivity contribution in [2.75, 3.05) is 13.1 Å². The number of aromatic amines is 1. The summed E-state index contributed by atoms with van der Waals surface area (Å²) in [5, 5.41) is 6.76. The van der Waals surface area contributed by atoms with Gasteiger partial charge in [-0.15, -0.1) is 0 Å². The van der Waals surface area contributed by atoms with Gasteiger partial charge in [-0.25, -0.2) is 9.37 Å². The number of aromatic nitrogens is 2. The van der Waals surface area contributed by atoms with E-state index in [0.717, 1.165) is 10.9 Å². The molecule has 10 heteroatoms. The fourth-order valence-corrected chi connectivity index (χ4v) is 4.34. The van der Waals surface area contributed by atoms with Crippen molar-refractivity contribution in [1.82, 2.24) is 25.5 Å². The van der Waals surface area contributed by atoms with Gasteiger partial charge in [0, 0.05) is 37.9 Å². The van der Waals surface area contributed by atoms with Gasteiger partial charge in [-0.1, -0.05) is 23.7 Å². The normalized spacial score (nSPS) is 15.2. The van der Waals surface area contributed by atoms with Crippen LogP contribution in [-0.2, 0) is 16.0 Å². The maximum Gasteiger partial charge on any atom is 0.268 e. The van der Waals surface area contributed by atoms with Crippen molar-refractivity contribution >= 4 is 40.2 Å². The number of carbonyl (C=O) groups is 3. The first-order valence-electron chi connectivity index (χ1n) is 11.0. The number of carbonyl (C=O) groups excluding carboxylic acids is 3. The maximum atomic E-state index is 13.4. The summed E-state index contributed by atoms with van der Waals surface area (Å²) in [6.45, 7) is 2.41. The summed E-state index contributed by atoms with van der Waals surface area (Å²) in [4.78, 5) is 46.4. The molecule has 1 aliphatic rings. The zero-order chi connectivity index (χ0) is 24.2. The largest absolute Gasteiger partial charge is 0.353 e. The Morgan fingerprint density at radius 3 is 2.59 bits per heavy atom. The second-order valence-electron chi connectivity index (χ2n) is 8.43. The van der Waals surface area contributed by atoms with E-state index >= 15 is 0 Å². The molecule has 3 aromatic rings. The number of nitrogens with zero attached hydrogens (tertiary/aromatic N) is 2. The lowest BCUT2D eigenvalue weighted by Crippen LogP contribution is -2.53. The summed E-state index contributed by atoms with van der Waals surface area (Å²) in [5.41, 5.74) is 1.65. The molecule has 8 nitrogen and oxygen atoms in total. The quantitative estimate of drug-likeness (QED) is 0.467. The summed E-state index contributed by atoms with van der Waals surface area (Å²) < 4.78 is 13.4. The molecule has 0 radical (unpaired) electrons. The number of nitrogens with one attached hydrogen (secondary N) is 3. The van der Waals surface area contributed by atoms with Crippen molar-refractivity contribution in [2.45, 2.75) is 38.3 Å². The standard InChI is InChI=1S/C24H25ClFN5O3/c1-14(32)28-18-6-8-31(9-7-18)24(34)20(10-15-2-4-17(26)5-3-15)30-23(33)19-11-16-12-22(25)27-13-21(16)29-19/h2-5,11-13,18,20,29H,6-10H2,1H3,(H,28,32)(H,30,33)/t20-/m0/s1. The minimum absolute atomic E-state index is 0.0264. The molecule has 1 saturated heterocycles. The molecule has 1 atom stereocenters. The van der Waals surface area contributed by atoms with Crippen LogP contribution in [0.2, 0.25) is 5.15 Å². The number of rotatable bonds is 6. The predicted octanol–water partition coefficient (Wildman–Crippen LogP) is 2.82. The molecule has 0 aliphatic carbocycles. The molecule has 2 aromatic heterocycles. The average Bonchev–Trinajstić information content (AvgIpc) is 3.23. The van der Waals surface area contributed by atoms with Crippen LogP contribution in [0.15, 0.2) is 42.6 Å². The Morgan fingerprint density at radius 1 is 1.21 bits per heavy atom. The molecular weight excluding hydrogens is 461 g/mol. The van der Waals surface area contributed by atoms with Crippen LogP contribution in [0, 0.1) is 5.82 Å². The third-order valence-corrected chi connectivity index (χ3v) is 6.09. The lowest BCUT2D eigenvalue weighted by molar-refractivity contribution is -0.134. The van der Waals surface area contributed by atoms with E-state index in [1.165, 1.54) is 25.3 Å². The summed E-state index contributed by atoms with van der Waals surface area (Å²) in [7, 11) is 0. The molecule has 1 aromatic carbocycles. The Morgan fingerprint density at radius 2 is 1.91 bits per heavy atom. The molecule has 3 heterocycles. The number of amides is 3. The Hall–Kier alpha value is -3.46. The van der Waals surface area contributed by atoms with Crippen LogP contribution in [0.1, 0.15) is 35.8 Å². The van der Waals surface area contributed by atoms with E-state index in [4.69, 9.17) is 11.6 Å². The van der Waals surface area contributed by atoms with Crippen molar-refractivity contribution in [2.24, 2.45) is 0 Å². The third kappa shape index (κ3) is 5.72. The van der Waals surface area contributed by atoms with Crippen molar-refractivity contribution in [3.05, 3.63) is 64.8 Å². The van der Waals surface area contributed by atoms with E-state index in [2.05, 4.69) is 20.6 Å². The zero-order valence-corrected chi connectivity index (χ0v) is 19.4. The lowest BCUT2D eigenvalue weighted by Gasteiger charge is -2.34. The Labute approximate surface area is 200 Å². The van der Waals surface area contributed by atoms with Crippen molar-refractivity contribution in [3.8, 4) is 0 Å². The maximum absolute atomic E-state index is 13.4. The summed E-state index contributed by atoms with van der Waals surface area (Å²) in [5.74, 6) is -1.14. The van der Waals surface area contributed by atoms with E-state index < -0.39 is 11.9 Å². The van der Waals surface area contributed by atoms with E-state index in [0.29, 0.717) is 36.6 Å². The highest BCUT2D eigenvalue weighted by Gasteiger charge is 2.30. The number of benzene rings is 1. The van der Waals surface area contributed by atoms with Crippen LogP contribution in [0.4, 0.5) is 4.39 Å². The molecule has 1 fully saturated rings. The molecule has 3 amide bonds. The van der Waals surface area contributed by atoms with Gasteiger partial charge in [-0.2, -0.15) is 0 Å². The van der Waals surface area contributed by atoms with Crippen molar-refractivity contribution in [3.63, 3.8) is 0 Å². The molecule has 0 spiro atoms. The van der Waals surface area contributed by atoms with Crippen LogP contribution in [-0.4, -0.2) is 57.8 Å². The Kier molecular flexibility index (Phi) is 7.12. The van der Waals surface area contributed by atoms with E-state index in [-0.39, 0.29) is 35.8 Å². The van der Waals surface area contributed by atoms with Crippen LogP contribution >= 0.6 is 11.6 Å². The predicted molar refractivity (Wildman–Crippen MR) is 126 cm³/mol. The highest BCUT2D eigenvalue weighted by molar-refractivity contribution is 6.30. The molecule has 178 valence electrons. The van der Waals surface area contributed by atoms with Gasteiger partial charge >= 0.3 is 0 Å². The van der Waals surface area contributed by atoms with Gasteiger partial charge in [-0.3, -0.25) is 14.4 Å². The van der Waals surface area contributed by atoms with Crippen molar-refractivity contribution < 1.29 is 18.8 Å². The average molecular weight is 486 g/mol. The van der Waals surface area contributed by atoms with Gasteiger partial charge in [0.05, 0.1) is 11.7 Å². The van der Waals surface area contributed by atoms with Crippen molar-refractivity contribution in [1.29, 1.82) is 0 Å². The number of hydrogen-bond donors (Lipinski definition) is 3. The number of H-pyrrole nitrogens is 1. The second-order valence-corrected chi connectivity index (χ2v) is 8.82. The van der Waals surface area contributed by atoms with E-state index in [9.17, 15) is 18.8 Å². The first kappa shape index (κ1) is 23.7. The first-order valence-corrected chi connectivity index (χ1v) is 11.4. The highest BCUT2D eigenvalue weighted by Crippen LogP contribution is 2.19. The topological polar surface area (TPSA) is 107 Å². The Bertz CT molecular complexity index is 1210. The molecular formula is C24H25ClFN5O3. The zero-order valence-electron chi connectivity index (χ0n) is 18.6. The second kappa shape index (κ2) is 10.2. The number of hydrogen-bond acceptors (Lipinski definition) is 4. The number of likely N-dealkylation sites (tertiary alicyclic amines) is 1. The highest BCUT2D eigenvalue weighted by atomic mass is 35.5. The molecule has 4 rings (SSSR count). The van der Waals surface area contributed by atoms with Gasteiger partial charge in [0.1, 0.15) is 22.7 Å². The molecule has 34 heavy (non-hydrogen) atoms. The molecule has 1 aliphatic heterocycles. The summed E-state index contributed by atoms with van der Waals surface area (Å²) >= 11 is 5.93. The van der Waals surface area contributed by atoms with E-state index in [1.807, 2.05) is 0 Å². The van der Waals surface area contributed by atoms with Crippen LogP contribution in [0.25, 0.3) is 10.9 Å². The van der Waals surface area contributed by atoms with Gasteiger partial charge in [0.15, 0.2) is 0 Å². The third-order valence-electron chi connectivity index (χ3n) is 5.89.